The number of rotatable bonds is 5. The summed E-state index contributed by atoms with van der Waals surface area (Å²) in [5.74, 6) is 1.60. The summed E-state index contributed by atoms with van der Waals surface area (Å²) in [6.07, 6.45) is 3.06. The maximum Gasteiger partial charge on any atom is 0.339 e. The minimum absolute atomic E-state index is 0.129. The van der Waals surface area contributed by atoms with Gasteiger partial charge in [-0.05, 0) is 61.3 Å². The SMILES string of the molecule is O=C(O)c1ccc(-c2ccc(CN3CCC[C@@H]3c3ccc4c(c3)OCCCO4)o2)cc1O. The molecule has 2 N–H and O–H groups in total. The molecule has 0 radical (unpaired) electrons. The van der Waals surface area contributed by atoms with Crippen molar-refractivity contribution in [2.75, 3.05) is 19.8 Å². The van der Waals surface area contributed by atoms with E-state index in [0.717, 1.165) is 43.1 Å². The summed E-state index contributed by atoms with van der Waals surface area (Å²) in [6.45, 7) is 2.99. The van der Waals surface area contributed by atoms with E-state index >= 15 is 0 Å². The van der Waals surface area contributed by atoms with Crippen LogP contribution in [0.5, 0.6) is 17.2 Å². The van der Waals surface area contributed by atoms with Crippen molar-refractivity contribution in [2.24, 2.45) is 0 Å². The van der Waals surface area contributed by atoms with Crippen molar-refractivity contribution < 1.29 is 28.9 Å². The molecular formula is C25H25NO6. The van der Waals surface area contributed by atoms with E-state index in [4.69, 9.17) is 19.0 Å². The third-order valence-corrected chi connectivity index (χ3v) is 6.05. The second kappa shape index (κ2) is 8.59. The van der Waals surface area contributed by atoms with Crippen molar-refractivity contribution in [3.8, 4) is 28.6 Å². The van der Waals surface area contributed by atoms with E-state index < -0.39 is 5.97 Å². The van der Waals surface area contributed by atoms with E-state index in [0.29, 0.717) is 31.1 Å². The van der Waals surface area contributed by atoms with E-state index in [1.807, 2.05) is 18.2 Å². The van der Waals surface area contributed by atoms with Gasteiger partial charge in [-0.1, -0.05) is 12.1 Å². The smallest absolute Gasteiger partial charge is 0.339 e. The fraction of sp³-hybridized carbons (Fsp3) is 0.320. The number of likely N-dealkylation sites (tertiary alicyclic amines) is 1. The summed E-state index contributed by atoms with van der Waals surface area (Å²) in [5, 5.41) is 19.1. The van der Waals surface area contributed by atoms with E-state index in [1.165, 1.54) is 17.7 Å². The standard InChI is InChI=1S/C25H25NO6/c27-21-13-17(4-7-19(21)25(28)29)22-9-6-18(32-22)15-26-10-1-3-20(26)16-5-8-23-24(14-16)31-12-2-11-30-23/h4-9,13-14,20,27H,1-3,10-12,15H2,(H,28,29)/t20-/m1/s1. The van der Waals surface area contributed by atoms with Crippen LogP contribution in [0.3, 0.4) is 0 Å². The van der Waals surface area contributed by atoms with Gasteiger partial charge in [-0.25, -0.2) is 4.79 Å². The minimum atomic E-state index is -1.16. The van der Waals surface area contributed by atoms with Gasteiger partial charge in [-0.2, -0.15) is 0 Å². The maximum absolute atomic E-state index is 11.1. The zero-order valence-electron chi connectivity index (χ0n) is 17.6. The topological polar surface area (TPSA) is 92.4 Å². The summed E-state index contributed by atoms with van der Waals surface area (Å²) in [7, 11) is 0. The quantitative estimate of drug-likeness (QED) is 0.592. The van der Waals surface area contributed by atoms with Crippen LogP contribution in [0.1, 0.15) is 47.0 Å². The van der Waals surface area contributed by atoms with Crippen molar-refractivity contribution in [2.45, 2.75) is 31.8 Å². The van der Waals surface area contributed by atoms with Gasteiger partial charge in [0.1, 0.15) is 22.8 Å². The summed E-state index contributed by atoms with van der Waals surface area (Å²) in [4.78, 5) is 13.5. The van der Waals surface area contributed by atoms with Crippen LogP contribution >= 0.6 is 0 Å². The molecule has 0 amide bonds. The van der Waals surface area contributed by atoms with Gasteiger partial charge in [-0.3, -0.25) is 4.90 Å². The lowest BCUT2D eigenvalue weighted by molar-refractivity contribution is 0.0693. The first kappa shape index (κ1) is 20.5. The number of ether oxygens (including phenoxy) is 2. The molecule has 0 bridgehead atoms. The molecule has 7 nitrogen and oxygen atoms in total. The first-order chi connectivity index (χ1) is 15.6. The highest BCUT2D eigenvalue weighted by atomic mass is 16.5. The molecule has 32 heavy (non-hydrogen) atoms. The molecule has 0 saturated carbocycles. The van der Waals surface area contributed by atoms with Crippen LogP contribution in [0.4, 0.5) is 0 Å². The Morgan fingerprint density at radius 1 is 1.00 bits per heavy atom. The number of hydrogen-bond donors (Lipinski definition) is 2. The normalized spacial score (nSPS) is 18.4. The summed E-state index contributed by atoms with van der Waals surface area (Å²) >= 11 is 0. The van der Waals surface area contributed by atoms with Gasteiger partial charge in [0, 0.05) is 18.0 Å². The molecule has 1 atom stereocenters. The number of phenols is 1. The molecule has 7 heteroatoms. The van der Waals surface area contributed by atoms with Crippen molar-refractivity contribution in [1.82, 2.24) is 4.90 Å². The number of fused-ring (bicyclic) bond motifs is 1. The van der Waals surface area contributed by atoms with Crippen LogP contribution in [0, 0.1) is 0 Å². The van der Waals surface area contributed by atoms with Crippen LogP contribution in [-0.2, 0) is 6.54 Å². The monoisotopic (exact) mass is 435 g/mol. The Kier molecular flexibility index (Phi) is 5.49. The van der Waals surface area contributed by atoms with Crippen LogP contribution < -0.4 is 9.47 Å². The van der Waals surface area contributed by atoms with E-state index in [1.54, 1.807) is 6.07 Å². The Hall–Kier alpha value is -3.45. The molecule has 0 unspecified atom stereocenters. The number of aromatic carboxylic acids is 1. The molecule has 1 fully saturated rings. The predicted molar refractivity (Wildman–Crippen MR) is 117 cm³/mol. The Labute approximate surface area is 185 Å². The third kappa shape index (κ3) is 4.03. The van der Waals surface area contributed by atoms with Gasteiger partial charge in [0.2, 0.25) is 0 Å². The maximum atomic E-state index is 11.1. The molecule has 2 aliphatic heterocycles. The van der Waals surface area contributed by atoms with Gasteiger partial charge in [0.05, 0.1) is 19.8 Å². The highest BCUT2D eigenvalue weighted by molar-refractivity contribution is 5.91. The Morgan fingerprint density at radius 3 is 2.66 bits per heavy atom. The molecule has 2 aromatic carbocycles. The van der Waals surface area contributed by atoms with E-state index in [9.17, 15) is 9.90 Å². The summed E-state index contributed by atoms with van der Waals surface area (Å²) in [6, 6.07) is 14.7. The number of carboxylic acids is 1. The van der Waals surface area contributed by atoms with Gasteiger partial charge >= 0.3 is 5.97 Å². The van der Waals surface area contributed by atoms with Crippen molar-refractivity contribution in [1.29, 1.82) is 0 Å². The minimum Gasteiger partial charge on any atom is -0.507 e. The molecule has 3 heterocycles. The molecule has 2 aliphatic rings. The predicted octanol–water partition coefficient (Wildman–Crippen LogP) is 4.85. The number of benzene rings is 2. The first-order valence-electron chi connectivity index (χ1n) is 10.9. The Balaban J connectivity index is 1.32. The third-order valence-electron chi connectivity index (χ3n) is 6.05. The molecular weight excluding hydrogens is 410 g/mol. The van der Waals surface area contributed by atoms with Gasteiger partial charge in [-0.15, -0.1) is 0 Å². The lowest BCUT2D eigenvalue weighted by Crippen LogP contribution is -2.22. The van der Waals surface area contributed by atoms with E-state index in [2.05, 4.69) is 17.0 Å². The summed E-state index contributed by atoms with van der Waals surface area (Å²) in [5.41, 5.74) is 1.72. The molecule has 1 aromatic heterocycles. The Bertz CT molecular complexity index is 1140. The Morgan fingerprint density at radius 2 is 1.84 bits per heavy atom. The average Bonchev–Trinajstić information content (AvgIpc) is 3.37. The molecule has 1 saturated heterocycles. The molecule has 5 rings (SSSR count). The van der Waals surface area contributed by atoms with Crippen molar-refractivity contribution >= 4 is 5.97 Å². The number of furan rings is 1. The molecule has 3 aromatic rings. The fourth-order valence-electron chi connectivity index (χ4n) is 4.46. The van der Waals surface area contributed by atoms with Gasteiger partial charge < -0.3 is 24.1 Å². The van der Waals surface area contributed by atoms with E-state index in [-0.39, 0.29) is 17.4 Å². The highest BCUT2D eigenvalue weighted by Gasteiger charge is 2.28. The zero-order valence-corrected chi connectivity index (χ0v) is 17.6. The number of hydrogen-bond acceptors (Lipinski definition) is 6. The molecule has 0 aliphatic carbocycles. The number of carboxylic acid groups (broad SMARTS) is 1. The molecule has 0 spiro atoms. The second-order valence-corrected chi connectivity index (χ2v) is 8.19. The number of nitrogens with zero attached hydrogens (tertiary/aromatic N) is 1. The van der Waals surface area contributed by atoms with Gasteiger partial charge in [0.15, 0.2) is 11.5 Å². The van der Waals surface area contributed by atoms with Crippen LogP contribution in [0.15, 0.2) is 52.9 Å². The van der Waals surface area contributed by atoms with Crippen molar-refractivity contribution in [3.05, 3.63) is 65.4 Å². The van der Waals surface area contributed by atoms with Crippen LogP contribution in [-0.4, -0.2) is 40.8 Å². The number of aromatic hydroxyl groups is 1. The number of carbonyl (C=O) groups is 1. The largest absolute Gasteiger partial charge is 0.507 e. The molecule has 166 valence electrons. The van der Waals surface area contributed by atoms with Crippen LogP contribution in [0.2, 0.25) is 0 Å². The lowest BCUT2D eigenvalue weighted by atomic mass is 10.0. The zero-order chi connectivity index (χ0) is 22.1. The summed E-state index contributed by atoms with van der Waals surface area (Å²) < 4.78 is 17.7. The highest BCUT2D eigenvalue weighted by Crippen LogP contribution is 2.39. The second-order valence-electron chi connectivity index (χ2n) is 8.19. The lowest BCUT2D eigenvalue weighted by Gasteiger charge is -2.24. The van der Waals surface area contributed by atoms with Gasteiger partial charge in [0.25, 0.3) is 0 Å². The average molecular weight is 435 g/mol. The van der Waals surface area contributed by atoms with Crippen LogP contribution in [0.25, 0.3) is 11.3 Å². The van der Waals surface area contributed by atoms with Crippen molar-refractivity contribution in [3.63, 3.8) is 0 Å². The fourth-order valence-corrected chi connectivity index (χ4v) is 4.46. The first-order valence-corrected chi connectivity index (χ1v) is 10.9.